The number of fused-ring (bicyclic) bond motifs is 7. The van der Waals surface area contributed by atoms with Crippen molar-refractivity contribution < 1.29 is 226 Å². The van der Waals surface area contributed by atoms with Gasteiger partial charge in [-0.25, -0.2) is 4.79 Å². The smallest absolute Gasteiger partial charge is 0.331 e. The maximum absolute atomic E-state index is 16.9. The molecule has 0 aromatic heterocycles. The van der Waals surface area contributed by atoms with Crippen LogP contribution < -0.4 is 14.2 Å². The highest BCUT2D eigenvalue weighted by Crippen LogP contribution is 2.76. The van der Waals surface area contributed by atoms with Gasteiger partial charge in [0.25, 0.3) is 0 Å². The Morgan fingerprint density at radius 1 is 0.548 bits per heavy atom. The van der Waals surface area contributed by atoms with Gasteiger partial charge in [-0.2, -0.15) is 0 Å². The summed E-state index contributed by atoms with van der Waals surface area (Å²) < 4.78 is 121. The number of carbonyl (C=O) groups is 6. The third kappa shape index (κ3) is 20.4. The molecule has 135 heavy (non-hydrogen) atoms. The van der Waals surface area contributed by atoms with Crippen molar-refractivity contribution in [2.24, 2.45) is 50.2 Å². The summed E-state index contributed by atoms with van der Waals surface area (Å²) in [5, 5.41) is 227. The molecule has 7 aliphatic heterocycles. The molecule has 7 saturated heterocycles. The van der Waals surface area contributed by atoms with Crippen molar-refractivity contribution >= 4 is 41.9 Å². The van der Waals surface area contributed by atoms with E-state index in [1.54, 1.807) is 0 Å². The molecular weight excluding hydrogens is 1800 g/mol. The van der Waals surface area contributed by atoms with E-state index < -0.39 is 353 Å². The van der Waals surface area contributed by atoms with E-state index in [4.69, 9.17) is 94.7 Å². The Kier molecular flexibility index (Phi) is 32.4. The van der Waals surface area contributed by atoms with E-state index in [0.29, 0.717) is 12.0 Å². The summed E-state index contributed by atoms with van der Waals surface area (Å²) in [6.07, 6.45) is -59.4. The van der Waals surface area contributed by atoms with Crippen LogP contribution in [0.1, 0.15) is 139 Å². The second-order valence-electron chi connectivity index (χ2n) is 39.9. The minimum Gasteiger partial charge on any atom is -0.493 e. The number of hydrogen-bond donors (Lipinski definition) is 20. The Balaban J connectivity index is 0.892. The molecule has 0 amide bonds. The van der Waals surface area contributed by atoms with Crippen molar-refractivity contribution in [1.82, 2.24) is 0 Å². The van der Waals surface area contributed by atoms with Gasteiger partial charge in [0, 0.05) is 18.4 Å². The molecule has 46 heteroatoms. The number of methoxy groups -OCH3 is 3. The van der Waals surface area contributed by atoms with E-state index in [9.17, 15) is 126 Å². The van der Waals surface area contributed by atoms with E-state index in [2.05, 4.69) is 0 Å². The number of aliphatic hydroxyl groups is 18. The van der Waals surface area contributed by atoms with Gasteiger partial charge in [-0.3, -0.25) is 24.0 Å². The maximum Gasteiger partial charge on any atom is 0.331 e. The molecule has 5 aliphatic carbocycles. The largest absolute Gasteiger partial charge is 0.493 e. The second-order valence-corrected chi connectivity index (χ2v) is 39.9. The quantitative estimate of drug-likeness (QED) is 0.0109. The Morgan fingerprint density at radius 2 is 1.11 bits per heavy atom. The number of carboxylic acid groups (broad SMARTS) is 2. The van der Waals surface area contributed by atoms with Crippen molar-refractivity contribution in [3.05, 3.63) is 35.4 Å². The summed E-state index contributed by atoms with van der Waals surface area (Å²) in [5.41, 5.74) is -11.3. The Morgan fingerprint density at radius 3 is 1.73 bits per heavy atom. The molecule has 42 atom stereocenters. The molecule has 1 aromatic carbocycles. The van der Waals surface area contributed by atoms with E-state index in [-0.39, 0.29) is 74.2 Å². The van der Waals surface area contributed by atoms with Crippen LogP contribution in [0.2, 0.25) is 0 Å². The van der Waals surface area contributed by atoms with Crippen LogP contribution in [0, 0.1) is 50.2 Å². The summed E-state index contributed by atoms with van der Waals surface area (Å²) in [5.74, 6) is -8.85. The number of carbonyl (C=O) groups excluding carboxylic acids is 4. The Labute approximate surface area is 775 Å². The minimum atomic E-state index is -2.64. The summed E-state index contributed by atoms with van der Waals surface area (Å²) in [6.45, 7) is 8.50. The molecule has 20 N–H and O–H groups in total. The lowest BCUT2D eigenvalue weighted by Gasteiger charge is -2.71. The van der Waals surface area contributed by atoms with Crippen LogP contribution in [0.25, 0.3) is 6.08 Å². The van der Waals surface area contributed by atoms with Crippen LogP contribution in [-0.2, 0) is 109 Å². The van der Waals surface area contributed by atoms with Gasteiger partial charge in [0.2, 0.25) is 12.0 Å². The van der Waals surface area contributed by atoms with Crippen molar-refractivity contribution in [1.29, 1.82) is 0 Å². The molecule has 4 saturated carbocycles. The fourth-order valence-electron chi connectivity index (χ4n) is 23.1. The summed E-state index contributed by atoms with van der Waals surface area (Å²) >= 11 is 0. The lowest BCUT2D eigenvalue weighted by atomic mass is 9.33. The van der Waals surface area contributed by atoms with E-state index in [1.807, 2.05) is 33.8 Å². The normalized spacial score (nSPS) is 45.7. The number of esters is 4. The predicted octanol–water partition coefficient (Wildman–Crippen LogP) is -4.55. The summed E-state index contributed by atoms with van der Waals surface area (Å²) in [4.78, 5) is 83.1. The molecule has 1 unspecified atom stereocenters. The van der Waals surface area contributed by atoms with Gasteiger partial charge in [-0.05, 0) is 143 Å². The van der Waals surface area contributed by atoms with E-state index >= 15 is 4.79 Å². The Bertz CT molecular complexity index is 4350. The zero-order valence-electron chi connectivity index (χ0n) is 76.9. The fraction of sp³-hybridized carbons (Fsp3) is 0.820. The SMILES string of the molecule is COc1cc(/C=C/C(=O)O[C@@H]2[C@H](O[C@@H]3O[C@H](COC(C)=O)[C@@H](O)[C@H](O)[C@H]3O)[C@@H](O[C@@H]3O[C@@H](C)[C@H](O[C@@H]4OC[C@@H](O)[C@H](O[C@@H]5OC[C@H](O)[C@H](O)[C@H]5O)[C@H]4O)[C@@H](O[C@@H]4OC[C@](O)(COC(=O)CC(C)(O)CC(=O)O)[C@H]4O)[C@H]3O)[C@H](OC(=O)[C@]34CCC(C)(C)C[C@H]3C3=CC[C@@H]5[C@@]6(C)C[C@H](O)[C@H](O[C@@H]7O[C@H](CO)[C@@H](O)[C@H](O)[C@H]7O)[C@@](C)(C(=O)O)[C@@H]6CC[C@@]5(C)[C@]3(CO)CC4)O[C@@H]2C)cc(OC)c1OC. The number of carboxylic acids is 2. The number of rotatable bonds is 31. The van der Waals surface area contributed by atoms with Gasteiger partial charge in [-0.1, -0.05) is 39.3 Å². The highest BCUT2D eigenvalue weighted by atomic mass is 16.8. The molecule has 764 valence electrons. The van der Waals surface area contributed by atoms with Crippen molar-refractivity contribution in [2.75, 3.05) is 67.6 Å². The van der Waals surface area contributed by atoms with Gasteiger partial charge in [0.15, 0.2) is 67.0 Å². The molecule has 0 radical (unpaired) electrons. The maximum atomic E-state index is 16.9. The molecule has 11 fully saturated rings. The molecule has 46 nitrogen and oxygen atoms in total. The van der Waals surface area contributed by atoms with Crippen molar-refractivity contribution in [2.45, 2.75) is 341 Å². The predicted molar refractivity (Wildman–Crippen MR) is 445 cm³/mol. The zero-order valence-corrected chi connectivity index (χ0v) is 76.9. The lowest BCUT2D eigenvalue weighted by Crippen LogP contribution is -2.71. The number of benzene rings is 1. The van der Waals surface area contributed by atoms with Gasteiger partial charge in [-0.15, -0.1) is 0 Å². The monoisotopic (exact) mass is 1940 g/mol. The highest BCUT2D eigenvalue weighted by molar-refractivity contribution is 5.87. The first-order valence-electron chi connectivity index (χ1n) is 45.3. The van der Waals surface area contributed by atoms with Crippen molar-refractivity contribution in [3.63, 3.8) is 0 Å². The average Bonchev–Trinajstić information content (AvgIpc) is 0.907. The van der Waals surface area contributed by atoms with Crippen LogP contribution in [0.3, 0.4) is 0 Å². The first-order chi connectivity index (χ1) is 63.4. The van der Waals surface area contributed by atoms with Crippen LogP contribution in [0.15, 0.2) is 29.9 Å². The van der Waals surface area contributed by atoms with Gasteiger partial charge in [0.1, 0.15) is 135 Å². The number of ether oxygens (including phenoxy) is 20. The first-order valence-corrected chi connectivity index (χ1v) is 45.3. The van der Waals surface area contributed by atoms with E-state index in [1.165, 1.54) is 60.3 Å². The standard InChI is InChI=1S/C89H132O46/c1-36-64(129-74-62(108)66(44(95)31-121-74)130-73-59(105)54(100)43(94)30-120-73)68(131-79-71(110)89(115,35-123-79)34-122-53(99)28-83(6,114)27-51(96)97)63(109)77(124-36)133-70-69(132-75-60(106)58(104)56(102)48(127-75)32-119-38(3)92)65(128-52(98)16-13-39-23-45(116-10)67(118-12)46(24-39)117-11)37(2)125-78(70)135-81(113)87-20-19-82(4,5)25-41(87)40-14-15-49-84(7)26-42(93)72(134-76-61(107)57(103)55(101)47(29-90)126-76)86(9,80(111)112)50(84)17-18-85(49,8)88(40,33-91)22-21-87/h13-14,16,23-24,36-37,41-44,47-50,54-66,68-79,90-91,93-95,100-110,114-115H,15,17-22,25-35H2,1-12H3,(H,96,97)(H,111,112)/b16-13+/t36-,37+,41-,42-,43-,44+,47+,48+,49+,50+,54-,55+,56+,57-,58-,59+,60+,61+,62+,63+,64-,65-,66-,68-,69-,70+,71-,72-,73-,74-,75-,76-,77-,78-,79-,83?,84+,85+,86-,87-,88-,89+/m0/s1. The van der Waals surface area contributed by atoms with E-state index in [0.717, 1.165) is 19.9 Å². The van der Waals surface area contributed by atoms with Gasteiger partial charge >= 0.3 is 35.8 Å². The molecular formula is C89H132O46. The molecule has 7 heterocycles. The lowest BCUT2D eigenvalue weighted by molar-refractivity contribution is -0.399. The topological polar surface area (TPSA) is 692 Å². The number of aliphatic hydroxyl groups excluding tert-OH is 16. The molecule has 1 aromatic rings. The number of allylic oxidation sites excluding steroid dienone is 1. The summed E-state index contributed by atoms with van der Waals surface area (Å²) in [6, 6.07) is 2.96. The fourth-order valence-corrected chi connectivity index (χ4v) is 23.1. The zero-order chi connectivity index (χ0) is 99.0. The molecule has 13 rings (SSSR count). The van der Waals surface area contributed by atoms with Crippen LogP contribution >= 0.6 is 0 Å². The average molecular weight is 1940 g/mol. The number of aliphatic carboxylic acids is 2. The highest BCUT2D eigenvalue weighted by Gasteiger charge is 2.75. The number of hydrogen-bond acceptors (Lipinski definition) is 44. The van der Waals surface area contributed by atoms with Gasteiger partial charge < -0.3 is 197 Å². The van der Waals surface area contributed by atoms with Crippen molar-refractivity contribution in [3.8, 4) is 17.2 Å². The third-order valence-corrected chi connectivity index (χ3v) is 30.5. The Hall–Kier alpha value is -6.32. The van der Waals surface area contributed by atoms with Crippen LogP contribution in [-0.4, -0.2) is 413 Å². The summed E-state index contributed by atoms with van der Waals surface area (Å²) in [7, 11) is 4.06. The third-order valence-electron chi connectivity index (χ3n) is 30.5. The molecule has 0 spiro atoms. The first kappa shape index (κ1) is 106. The van der Waals surface area contributed by atoms with Crippen LogP contribution in [0.5, 0.6) is 17.2 Å². The second kappa shape index (κ2) is 41.3. The molecule has 0 bridgehead atoms. The van der Waals surface area contributed by atoms with Crippen LogP contribution in [0.4, 0.5) is 0 Å². The molecule has 12 aliphatic rings. The van der Waals surface area contributed by atoms with Gasteiger partial charge in [0.05, 0.1) is 102 Å². The minimum absolute atomic E-state index is 0.0472.